The number of carbonyl (C=O) groups excluding carboxylic acids is 2. The predicted octanol–water partition coefficient (Wildman–Crippen LogP) is 4.21. The third kappa shape index (κ3) is 3.54. The first-order chi connectivity index (χ1) is 13.8. The van der Waals surface area contributed by atoms with E-state index in [-0.39, 0.29) is 15.3 Å². The molecule has 1 aromatic heterocycles. The molecule has 2 amide bonds. The van der Waals surface area contributed by atoms with E-state index in [1.165, 1.54) is 17.5 Å². The van der Waals surface area contributed by atoms with Crippen molar-refractivity contribution in [3.8, 4) is 0 Å². The molecule has 1 aliphatic rings. The average molecular weight is 452 g/mol. The van der Waals surface area contributed by atoms with E-state index >= 15 is 0 Å². The Morgan fingerprint density at radius 2 is 1.73 bits per heavy atom. The molecule has 2 heterocycles. The summed E-state index contributed by atoms with van der Waals surface area (Å²) in [6.45, 7) is 0. The van der Waals surface area contributed by atoms with Gasteiger partial charge in [0.1, 0.15) is 5.92 Å². The highest BCUT2D eigenvalue weighted by Crippen LogP contribution is 2.48. The van der Waals surface area contributed by atoms with Gasteiger partial charge in [0.2, 0.25) is 0 Å². The molecule has 3 atom stereocenters. The van der Waals surface area contributed by atoms with Gasteiger partial charge < -0.3 is 10.4 Å². The highest BCUT2D eigenvalue weighted by Gasteiger charge is 2.69. The van der Waals surface area contributed by atoms with E-state index in [4.69, 9.17) is 0 Å². The van der Waals surface area contributed by atoms with Crippen LogP contribution in [-0.4, -0.2) is 40.8 Å². The summed E-state index contributed by atoms with van der Waals surface area (Å²) in [6, 6.07) is 2.59. The van der Waals surface area contributed by atoms with Gasteiger partial charge in [0.25, 0.3) is 5.72 Å². The molecule has 1 fully saturated rings. The molecule has 162 valence electrons. The van der Waals surface area contributed by atoms with Gasteiger partial charge in [0, 0.05) is 7.05 Å². The summed E-state index contributed by atoms with van der Waals surface area (Å²) in [5, 5.41) is 14.3. The van der Waals surface area contributed by atoms with Crippen molar-refractivity contribution in [3.63, 3.8) is 0 Å². The summed E-state index contributed by atoms with van der Waals surface area (Å²) in [6.07, 6.45) is -10.1. The van der Waals surface area contributed by atoms with Gasteiger partial charge in [0.15, 0.2) is 5.78 Å². The molecule has 1 aliphatic heterocycles. The molecule has 0 saturated carbocycles. The summed E-state index contributed by atoms with van der Waals surface area (Å²) < 4.78 is 80.3. The number of nitrogens with one attached hydrogen (secondary N) is 1. The summed E-state index contributed by atoms with van der Waals surface area (Å²) in [5.74, 6) is -3.38. The SMILES string of the molecule is CN1C(=O)NC(c2ccc(C(F)(F)F)cc2)C(C(=O)c2cccs2)C1(O)C(F)(F)F. The number of halogens is 6. The maximum Gasteiger partial charge on any atom is 0.437 e. The molecule has 2 aromatic rings. The lowest BCUT2D eigenvalue weighted by molar-refractivity contribution is -0.322. The van der Waals surface area contributed by atoms with Crippen LogP contribution >= 0.6 is 11.3 Å². The highest BCUT2D eigenvalue weighted by molar-refractivity contribution is 7.12. The van der Waals surface area contributed by atoms with Gasteiger partial charge in [-0.3, -0.25) is 9.69 Å². The van der Waals surface area contributed by atoms with Crippen LogP contribution in [0.25, 0.3) is 0 Å². The van der Waals surface area contributed by atoms with E-state index in [2.05, 4.69) is 5.32 Å². The van der Waals surface area contributed by atoms with Crippen LogP contribution < -0.4 is 5.32 Å². The van der Waals surface area contributed by atoms with Gasteiger partial charge in [0.05, 0.1) is 16.5 Å². The number of rotatable bonds is 3. The first kappa shape index (κ1) is 22.1. The molecule has 3 rings (SSSR count). The molecule has 0 bridgehead atoms. The molecule has 12 heteroatoms. The zero-order valence-electron chi connectivity index (χ0n) is 15.1. The fourth-order valence-corrected chi connectivity index (χ4v) is 4.04. The van der Waals surface area contributed by atoms with Crippen LogP contribution in [0.3, 0.4) is 0 Å². The zero-order valence-corrected chi connectivity index (χ0v) is 15.9. The van der Waals surface area contributed by atoms with Crippen LogP contribution in [0.2, 0.25) is 0 Å². The maximum atomic E-state index is 13.9. The lowest BCUT2D eigenvalue weighted by Gasteiger charge is -2.49. The van der Waals surface area contributed by atoms with E-state index in [1.54, 1.807) is 0 Å². The number of hydrogen-bond donors (Lipinski definition) is 2. The van der Waals surface area contributed by atoms with Gasteiger partial charge in [-0.05, 0) is 29.1 Å². The number of carbonyl (C=O) groups is 2. The molecule has 0 aliphatic carbocycles. The predicted molar refractivity (Wildman–Crippen MR) is 93.6 cm³/mol. The number of nitrogens with zero attached hydrogens (tertiary/aromatic N) is 1. The number of alkyl halides is 6. The number of aliphatic hydroxyl groups is 1. The van der Waals surface area contributed by atoms with Gasteiger partial charge in [-0.1, -0.05) is 18.2 Å². The summed E-state index contributed by atoms with van der Waals surface area (Å²) in [4.78, 5) is 25.0. The topological polar surface area (TPSA) is 69.6 Å². The second-order valence-electron chi connectivity index (χ2n) is 6.65. The second-order valence-corrected chi connectivity index (χ2v) is 7.60. The van der Waals surface area contributed by atoms with Crippen LogP contribution in [0, 0.1) is 5.92 Å². The van der Waals surface area contributed by atoms with E-state index in [9.17, 15) is 41.0 Å². The summed E-state index contributed by atoms with van der Waals surface area (Å²) in [5.41, 5.74) is -5.14. The second kappa shape index (κ2) is 7.27. The zero-order chi connectivity index (χ0) is 22.5. The van der Waals surface area contributed by atoms with Crippen molar-refractivity contribution >= 4 is 23.2 Å². The standard InChI is InChI=1S/C18H14F6N2O3S/c1-26-15(28)25-13(9-4-6-10(7-5-9)17(19,20)21)12(16(26,29)18(22,23)24)14(27)11-3-2-8-30-11/h2-8,12-13,29H,1H3,(H,25,28). The maximum absolute atomic E-state index is 13.9. The van der Waals surface area contributed by atoms with Gasteiger partial charge >= 0.3 is 18.4 Å². The molecule has 0 radical (unpaired) electrons. The Hall–Kier alpha value is -2.60. The van der Waals surface area contributed by atoms with E-state index in [0.717, 1.165) is 23.5 Å². The molecule has 2 N–H and O–H groups in total. The number of hydrogen-bond acceptors (Lipinski definition) is 4. The smallest absolute Gasteiger partial charge is 0.363 e. The Balaban J connectivity index is 2.16. The van der Waals surface area contributed by atoms with E-state index in [0.29, 0.717) is 19.2 Å². The number of benzene rings is 1. The fourth-order valence-electron chi connectivity index (χ4n) is 3.34. The minimum absolute atomic E-state index is 0.0241. The molecule has 3 unspecified atom stereocenters. The van der Waals surface area contributed by atoms with Crippen LogP contribution in [0.5, 0.6) is 0 Å². The largest absolute Gasteiger partial charge is 0.437 e. The monoisotopic (exact) mass is 452 g/mol. The number of Topliss-reactive ketones (excluding diaryl/α,β-unsaturated/α-hetero) is 1. The lowest BCUT2D eigenvalue weighted by Crippen LogP contribution is -2.72. The van der Waals surface area contributed by atoms with Crippen molar-refractivity contribution in [3.05, 3.63) is 57.8 Å². The molecular weight excluding hydrogens is 438 g/mol. The Morgan fingerprint density at radius 1 is 1.13 bits per heavy atom. The van der Waals surface area contributed by atoms with Crippen LogP contribution in [0.4, 0.5) is 31.1 Å². The molecule has 0 spiro atoms. The van der Waals surface area contributed by atoms with Crippen LogP contribution in [0.15, 0.2) is 41.8 Å². The molecular formula is C18H14F6N2O3S. The van der Waals surface area contributed by atoms with Crippen LogP contribution in [-0.2, 0) is 6.18 Å². The highest BCUT2D eigenvalue weighted by atomic mass is 32.1. The third-order valence-electron chi connectivity index (χ3n) is 4.92. The average Bonchev–Trinajstić information content (AvgIpc) is 3.18. The minimum Gasteiger partial charge on any atom is -0.363 e. The Kier molecular flexibility index (Phi) is 5.35. The number of thiophene rings is 1. The lowest BCUT2D eigenvalue weighted by atomic mass is 9.77. The van der Waals surface area contributed by atoms with Crippen molar-refractivity contribution in [2.24, 2.45) is 5.92 Å². The molecule has 30 heavy (non-hydrogen) atoms. The first-order valence-electron chi connectivity index (χ1n) is 8.36. The quantitative estimate of drug-likeness (QED) is 0.542. The summed E-state index contributed by atoms with van der Waals surface area (Å²) in [7, 11) is 0.681. The van der Waals surface area contributed by atoms with Crippen molar-refractivity contribution in [1.29, 1.82) is 0 Å². The molecule has 5 nitrogen and oxygen atoms in total. The fraction of sp³-hybridized carbons (Fsp3) is 0.333. The third-order valence-corrected chi connectivity index (χ3v) is 5.81. The van der Waals surface area contributed by atoms with Gasteiger partial charge in [-0.15, -0.1) is 11.3 Å². The van der Waals surface area contributed by atoms with Crippen molar-refractivity contribution < 1.29 is 41.0 Å². The Labute approximate surface area is 169 Å². The van der Waals surface area contributed by atoms with Crippen molar-refractivity contribution in [2.75, 3.05) is 7.05 Å². The summed E-state index contributed by atoms with van der Waals surface area (Å²) >= 11 is 0.833. The molecule has 1 aromatic carbocycles. The van der Waals surface area contributed by atoms with Crippen molar-refractivity contribution in [1.82, 2.24) is 10.2 Å². The Bertz CT molecular complexity index is 942. The van der Waals surface area contributed by atoms with Gasteiger partial charge in [-0.2, -0.15) is 26.3 Å². The number of amides is 2. The first-order valence-corrected chi connectivity index (χ1v) is 9.24. The minimum atomic E-state index is -5.43. The van der Waals surface area contributed by atoms with Crippen LogP contribution in [0.1, 0.15) is 26.8 Å². The number of ketones is 1. The van der Waals surface area contributed by atoms with E-state index < -0.39 is 47.4 Å². The normalized spacial score (nSPS) is 25.2. The number of urea groups is 1. The van der Waals surface area contributed by atoms with E-state index in [1.807, 2.05) is 0 Å². The van der Waals surface area contributed by atoms with Gasteiger partial charge in [-0.25, -0.2) is 4.79 Å². The molecule has 1 saturated heterocycles. The Morgan fingerprint density at radius 3 is 2.20 bits per heavy atom. The van der Waals surface area contributed by atoms with Crippen molar-refractivity contribution in [2.45, 2.75) is 24.1 Å².